The molecule has 2 aromatic rings. The second kappa shape index (κ2) is 6.28. The zero-order chi connectivity index (χ0) is 15.5. The third-order valence-electron chi connectivity index (χ3n) is 2.64. The third-order valence-corrected chi connectivity index (χ3v) is 2.81. The highest BCUT2D eigenvalue weighted by atomic mass is 35.5. The van der Waals surface area contributed by atoms with Crippen molar-refractivity contribution in [1.82, 2.24) is 9.97 Å². The van der Waals surface area contributed by atoms with Gasteiger partial charge in [-0.15, -0.1) is 0 Å². The van der Waals surface area contributed by atoms with Gasteiger partial charge in [-0.1, -0.05) is 24.3 Å². The summed E-state index contributed by atoms with van der Waals surface area (Å²) in [6, 6.07) is 7.80. The highest BCUT2D eigenvalue weighted by Gasteiger charge is 2.33. The van der Waals surface area contributed by atoms with E-state index in [9.17, 15) is 13.2 Å². The molecular weight excluding hydrogens is 307 g/mol. The summed E-state index contributed by atoms with van der Waals surface area (Å²) in [5.41, 5.74) is 0.407. The summed E-state index contributed by atoms with van der Waals surface area (Å²) in [4.78, 5) is 6.84. The highest BCUT2D eigenvalue weighted by molar-refractivity contribution is 6.28. The van der Waals surface area contributed by atoms with Crippen LogP contribution in [0.3, 0.4) is 0 Å². The maximum atomic E-state index is 12.6. The molecule has 0 amide bonds. The Labute approximate surface area is 123 Å². The largest absolute Gasteiger partial charge is 0.433 e. The highest BCUT2D eigenvalue weighted by Crippen LogP contribution is 2.29. The van der Waals surface area contributed by atoms with Crippen molar-refractivity contribution in [2.24, 2.45) is 0 Å². The summed E-state index contributed by atoms with van der Waals surface area (Å²) in [7, 11) is 0. The van der Waals surface area contributed by atoms with Crippen LogP contribution >= 0.6 is 11.6 Å². The van der Waals surface area contributed by atoms with Crippen LogP contribution in [-0.4, -0.2) is 15.1 Å². The average Bonchev–Trinajstić information content (AvgIpc) is 2.44. The Morgan fingerprint density at radius 3 is 2.52 bits per heavy atom. The van der Waals surface area contributed by atoms with E-state index in [0.717, 1.165) is 11.6 Å². The molecule has 4 nitrogen and oxygen atoms in total. The van der Waals surface area contributed by atoms with E-state index in [-0.39, 0.29) is 19.0 Å². The van der Waals surface area contributed by atoms with Gasteiger partial charge in [0, 0.05) is 12.6 Å². The number of halogens is 4. The maximum Gasteiger partial charge on any atom is 0.433 e. The first-order valence-corrected chi connectivity index (χ1v) is 6.30. The fourth-order valence-electron chi connectivity index (χ4n) is 1.68. The van der Waals surface area contributed by atoms with Gasteiger partial charge in [-0.3, -0.25) is 0 Å². The number of rotatable bonds is 4. The Morgan fingerprint density at radius 1 is 1.14 bits per heavy atom. The first-order valence-electron chi connectivity index (χ1n) is 5.93. The van der Waals surface area contributed by atoms with E-state index in [1.54, 1.807) is 24.3 Å². The molecule has 0 aliphatic rings. The second-order valence-corrected chi connectivity index (χ2v) is 4.57. The monoisotopic (exact) mass is 317 g/mol. The molecule has 0 radical (unpaired) electrons. The number of benzene rings is 1. The lowest BCUT2D eigenvalue weighted by molar-refractivity contribution is -0.141. The molecule has 0 fully saturated rings. The van der Waals surface area contributed by atoms with Crippen molar-refractivity contribution in [3.8, 4) is 0 Å². The summed E-state index contributed by atoms with van der Waals surface area (Å²) in [6.07, 6.45) is -4.58. The van der Waals surface area contributed by atoms with Crippen molar-refractivity contribution >= 4 is 17.4 Å². The predicted molar refractivity (Wildman–Crippen MR) is 71.7 cm³/mol. The van der Waals surface area contributed by atoms with Gasteiger partial charge in [0.15, 0.2) is 5.69 Å². The van der Waals surface area contributed by atoms with Gasteiger partial charge >= 0.3 is 6.18 Å². The van der Waals surface area contributed by atoms with E-state index in [2.05, 4.69) is 15.3 Å². The van der Waals surface area contributed by atoms with Crippen molar-refractivity contribution in [2.75, 3.05) is 5.32 Å². The molecule has 21 heavy (non-hydrogen) atoms. The van der Waals surface area contributed by atoms with Gasteiger partial charge in [-0.2, -0.15) is 13.2 Å². The van der Waals surface area contributed by atoms with Gasteiger partial charge in [-0.25, -0.2) is 9.97 Å². The van der Waals surface area contributed by atoms with E-state index in [0.29, 0.717) is 5.56 Å². The second-order valence-electron chi connectivity index (χ2n) is 4.24. The molecule has 0 atom stereocenters. The SMILES string of the molecule is OCc1cccc(CNc2cc(C(F)(F)F)nc(Cl)n2)c1. The predicted octanol–water partition coefficient (Wildman–Crippen LogP) is 3.25. The molecule has 0 saturated carbocycles. The fraction of sp³-hybridized carbons (Fsp3) is 0.231. The minimum absolute atomic E-state index is 0.0169. The minimum Gasteiger partial charge on any atom is -0.392 e. The van der Waals surface area contributed by atoms with Crippen LogP contribution in [0.4, 0.5) is 19.0 Å². The van der Waals surface area contributed by atoms with E-state index >= 15 is 0 Å². The molecule has 1 heterocycles. The average molecular weight is 318 g/mol. The minimum atomic E-state index is -4.58. The summed E-state index contributed by atoms with van der Waals surface area (Å²) in [5.74, 6) is -0.0169. The topological polar surface area (TPSA) is 58.0 Å². The summed E-state index contributed by atoms with van der Waals surface area (Å²) < 4.78 is 37.8. The van der Waals surface area contributed by atoms with Crippen LogP contribution in [0.15, 0.2) is 30.3 Å². The van der Waals surface area contributed by atoms with Gasteiger partial charge in [0.1, 0.15) is 5.82 Å². The molecule has 0 aliphatic carbocycles. The van der Waals surface area contributed by atoms with E-state index in [1.807, 2.05) is 0 Å². The molecule has 0 bridgehead atoms. The molecule has 8 heteroatoms. The van der Waals surface area contributed by atoms with Gasteiger partial charge in [0.2, 0.25) is 5.28 Å². The number of anilines is 1. The first kappa shape index (κ1) is 15.5. The van der Waals surface area contributed by atoms with E-state index in [4.69, 9.17) is 16.7 Å². The lowest BCUT2D eigenvalue weighted by atomic mass is 10.1. The molecule has 1 aromatic carbocycles. The lowest BCUT2D eigenvalue weighted by Crippen LogP contribution is -2.11. The van der Waals surface area contributed by atoms with Crippen LogP contribution in [-0.2, 0) is 19.3 Å². The zero-order valence-corrected chi connectivity index (χ0v) is 11.4. The van der Waals surface area contributed by atoms with Crippen molar-refractivity contribution < 1.29 is 18.3 Å². The number of alkyl halides is 3. The van der Waals surface area contributed by atoms with Crippen molar-refractivity contribution in [3.05, 3.63) is 52.4 Å². The molecule has 2 rings (SSSR count). The fourth-order valence-corrected chi connectivity index (χ4v) is 1.87. The number of aliphatic hydroxyl groups excluding tert-OH is 1. The standard InChI is InChI=1S/C13H11ClF3N3O/c14-12-19-10(13(15,16)17)5-11(20-12)18-6-8-2-1-3-9(4-8)7-21/h1-5,21H,6-7H2,(H,18,19,20). The zero-order valence-electron chi connectivity index (χ0n) is 10.7. The number of nitrogens with zero attached hydrogens (tertiary/aromatic N) is 2. The molecule has 0 aliphatic heterocycles. The van der Waals surface area contributed by atoms with Crippen LogP contribution in [0.25, 0.3) is 0 Å². The summed E-state index contributed by atoms with van der Waals surface area (Å²) >= 11 is 5.49. The third kappa shape index (κ3) is 4.30. The Balaban J connectivity index is 2.14. The Bertz CT molecular complexity index is 634. The van der Waals surface area contributed by atoms with Crippen LogP contribution in [0.5, 0.6) is 0 Å². The van der Waals surface area contributed by atoms with Gasteiger partial charge < -0.3 is 10.4 Å². The van der Waals surface area contributed by atoms with Crippen LogP contribution < -0.4 is 5.32 Å². The van der Waals surface area contributed by atoms with Gasteiger partial charge in [0.25, 0.3) is 0 Å². The van der Waals surface area contributed by atoms with E-state index in [1.165, 1.54) is 0 Å². The van der Waals surface area contributed by atoms with Crippen LogP contribution in [0, 0.1) is 0 Å². The molecule has 1 aromatic heterocycles. The molecular formula is C13H11ClF3N3O. The number of aliphatic hydroxyl groups is 1. The number of aromatic nitrogens is 2. The van der Waals surface area contributed by atoms with Gasteiger partial charge in [-0.05, 0) is 22.7 Å². The van der Waals surface area contributed by atoms with Crippen LogP contribution in [0.1, 0.15) is 16.8 Å². The van der Waals surface area contributed by atoms with Crippen molar-refractivity contribution in [3.63, 3.8) is 0 Å². The quantitative estimate of drug-likeness (QED) is 0.850. The van der Waals surface area contributed by atoms with Crippen LogP contribution in [0.2, 0.25) is 5.28 Å². The molecule has 112 valence electrons. The van der Waals surface area contributed by atoms with Gasteiger partial charge in [0.05, 0.1) is 6.61 Å². The molecule has 0 unspecified atom stereocenters. The first-order chi connectivity index (χ1) is 9.88. The summed E-state index contributed by atoms with van der Waals surface area (Å²) in [5, 5.41) is 11.3. The summed E-state index contributed by atoms with van der Waals surface area (Å²) in [6.45, 7) is 0.143. The normalized spacial score (nSPS) is 11.5. The number of nitrogens with one attached hydrogen (secondary N) is 1. The smallest absolute Gasteiger partial charge is 0.392 e. The maximum absolute atomic E-state index is 12.6. The Morgan fingerprint density at radius 2 is 1.86 bits per heavy atom. The number of hydrogen-bond acceptors (Lipinski definition) is 4. The number of hydrogen-bond donors (Lipinski definition) is 2. The Hall–Kier alpha value is -1.86. The molecule has 0 spiro atoms. The Kier molecular flexibility index (Phi) is 4.64. The molecule has 0 saturated heterocycles. The van der Waals surface area contributed by atoms with Crippen molar-refractivity contribution in [2.45, 2.75) is 19.3 Å². The lowest BCUT2D eigenvalue weighted by Gasteiger charge is -2.10. The molecule has 2 N–H and O–H groups in total. The van der Waals surface area contributed by atoms with Crippen molar-refractivity contribution in [1.29, 1.82) is 0 Å². The van der Waals surface area contributed by atoms with E-state index < -0.39 is 17.2 Å².